The van der Waals surface area contributed by atoms with Crippen molar-refractivity contribution < 1.29 is 22.7 Å². The Morgan fingerprint density at radius 3 is 2.68 bits per heavy atom. The summed E-state index contributed by atoms with van der Waals surface area (Å²) in [7, 11) is 0. The number of alkyl halides is 3. The summed E-state index contributed by atoms with van der Waals surface area (Å²) in [5.41, 5.74) is 0.354. The number of benzene rings is 1. The summed E-state index contributed by atoms with van der Waals surface area (Å²) in [5, 5.41) is 2.90. The molecule has 3 nitrogen and oxygen atoms in total. The molecule has 0 atom stereocenters. The summed E-state index contributed by atoms with van der Waals surface area (Å²) in [6.45, 7) is -1.54. The van der Waals surface area contributed by atoms with Crippen LogP contribution in [0, 0.1) is 0 Å². The third kappa shape index (κ3) is 6.26. The smallest absolute Gasteiger partial charge is 0.370 e. The molecule has 0 aromatic heterocycles. The largest absolute Gasteiger partial charge is 0.411 e. The predicted octanol–water partition coefficient (Wildman–Crippen LogP) is 3.41. The van der Waals surface area contributed by atoms with Gasteiger partial charge in [0.25, 0.3) is 5.91 Å². The van der Waals surface area contributed by atoms with Crippen LogP contribution in [0.5, 0.6) is 0 Å². The molecule has 19 heavy (non-hydrogen) atoms. The van der Waals surface area contributed by atoms with Gasteiger partial charge in [-0.05, 0) is 34.1 Å². The minimum Gasteiger partial charge on any atom is -0.370 e. The Bertz CT molecular complexity index is 454. The fourth-order valence-electron chi connectivity index (χ4n) is 1.16. The van der Waals surface area contributed by atoms with Crippen LogP contribution in [0.1, 0.15) is 10.4 Å². The van der Waals surface area contributed by atoms with Crippen molar-refractivity contribution in [3.8, 4) is 0 Å². The van der Waals surface area contributed by atoms with Crippen LogP contribution < -0.4 is 5.32 Å². The molecular formula is C11H10BrClF3NO2. The first-order valence-corrected chi connectivity index (χ1v) is 6.34. The Labute approximate surface area is 121 Å². The molecule has 0 fully saturated rings. The molecule has 106 valence electrons. The van der Waals surface area contributed by atoms with Crippen molar-refractivity contribution in [1.29, 1.82) is 0 Å². The van der Waals surface area contributed by atoms with E-state index in [1.165, 1.54) is 12.1 Å². The molecule has 0 spiro atoms. The summed E-state index contributed by atoms with van der Waals surface area (Å²) in [6.07, 6.45) is -4.36. The van der Waals surface area contributed by atoms with E-state index in [1.54, 1.807) is 6.07 Å². The second-order valence-corrected chi connectivity index (χ2v) is 4.81. The van der Waals surface area contributed by atoms with Crippen LogP contribution >= 0.6 is 27.5 Å². The second kappa shape index (κ2) is 7.12. The number of amides is 1. The number of carbonyl (C=O) groups excluding carboxylic acids is 1. The summed E-state index contributed by atoms with van der Waals surface area (Å²) >= 11 is 8.94. The lowest BCUT2D eigenvalue weighted by molar-refractivity contribution is -0.173. The van der Waals surface area contributed by atoms with Crippen molar-refractivity contribution in [2.24, 2.45) is 0 Å². The summed E-state index contributed by atoms with van der Waals surface area (Å²) in [4.78, 5) is 11.6. The maximum Gasteiger partial charge on any atom is 0.411 e. The van der Waals surface area contributed by atoms with E-state index < -0.39 is 18.7 Å². The third-order valence-corrected chi connectivity index (χ3v) is 3.19. The Morgan fingerprint density at radius 2 is 2.11 bits per heavy atom. The number of carbonyl (C=O) groups is 1. The highest BCUT2D eigenvalue weighted by molar-refractivity contribution is 9.10. The highest BCUT2D eigenvalue weighted by Gasteiger charge is 2.27. The molecule has 1 rings (SSSR count). The Balaban J connectivity index is 2.33. The van der Waals surface area contributed by atoms with Crippen molar-refractivity contribution in [1.82, 2.24) is 5.32 Å². The summed E-state index contributed by atoms with van der Waals surface area (Å²) < 4.78 is 40.2. The average molecular weight is 361 g/mol. The number of nitrogens with one attached hydrogen (secondary N) is 1. The van der Waals surface area contributed by atoms with Crippen molar-refractivity contribution in [3.05, 3.63) is 33.3 Å². The Hall–Kier alpha value is -0.790. The zero-order valence-electron chi connectivity index (χ0n) is 9.56. The highest BCUT2D eigenvalue weighted by atomic mass is 79.9. The molecule has 0 heterocycles. The minimum atomic E-state index is -4.36. The molecule has 0 bridgehead atoms. The standard InChI is InChI=1S/C11H10BrClF3NO2/c12-8-5-7(1-2-9(8)13)10(18)17-3-4-19-6-11(14,15)16/h1-2,5H,3-4,6H2,(H,17,18). The molecule has 0 aliphatic heterocycles. The first kappa shape index (κ1) is 16.3. The van der Waals surface area contributed by atoms with Crippen LogP contribution in [0.15, 0.2) is 22.7 Å². The van der Waals surface area contributed by atoms with Crippen LogP contribution in [0.3, 0.4) is 0 Å². The third-order valence-electron chi connectivity index (χ3n) is 1.98. The van der Waals surface area contributed by atoms with Gasteiger partial charge in [0, 0.05) is 16.6 Å². The summed E-state index contributed by atoms with van der Waals surface area (Å²) in [5.74, 6) is -0.409. The van der Waals surface area contributed by atoms with E-state index >= 15 is 0 Å². The van der Waals surface area contributed by atoms with E-state index in [0.717, 1.165) is 0 Å². The van der Waals surface area contributed by atoms with E-state index in [-0.39, 0.29) is 13.2 Å². The topological polar surface area (TPSA) is 38.3 Å². The molecule has 0 saturated heterocycles. The second-order valence-electron chi connectivity index (χ2n) is 3.55. The minimum absolute atomic E-state index is 0.00480. The van der Waals surface area contributed by atoms with Crippen LogP contribution in [0.4, 0.5) is 13.2 Å². The zero-order valence-corrected chi connectivity index (χ0v) is 11.9. The molecule has 0 aliphatic rings. The van der Waals surface area contributed by atoms with E-state index in [0.29, 0.717) is 15.1 Å². The van der Waals surface area contributed by atoms with Gasteiger partial charge in [0.1, 0.15) is 6.61 Å². The number of hydrogen-bond donors (Lipinski definition) is 1. The molecule has 1 aromatic rings. The van der Waals surface area contributed by atoms with Gasteiger partial charge in [-0.15, -0.1) is 0 Å². The zero-order chi connectivity index (χ0) is 14.5. The molecule has 0 unspecified atom stereocenters. The van der Waals surface area contributed by atoms with Crippen LogP contribution in [0.25, 0.3) is 0 Å². The molecular weight excluding hydrogens is 350 g/mol. The monoisotopic (exact) mass is 359 g/mol. The molecule has 1 amide bonds. The lowest BCUT2D eigenvalue weighted by Gasteiger charge is -2.09. The summed E-state index contributed by atoms with van der Waals surface area (Å²) in [6, 6.07) is 4.58. The van der Waals surface area contributed by atoms with Gasteiger partial charge in [-0.3, -0.25) is 4.79 Å². The molecule has 0 radical (unpaired) electrons. The maximum absolute atomic E-state index is 11.8. The van der Waals surface area contributed by atoms with Gasteiger partial charge in [0.2, 0.25) is 0 Å². The number of halogens is 5. The van der Waals surface area contributed by atoms with Crippen molar-refractivity contribution >= 4 is 33.4 Å². The Kier molecular flexibility index (Phi) is 6.09. The Morgan fingerprint density at radius 1 is 1.42 bits per heavy atom. The van der Waals surface area contributed by atoms with Crippen LogP contribution in [-0.2, 0) is 4.74 Å². The fourth-order valence-corrected chi connectivity index (χ4v) is 1.66. The number of hydrogen-bond acceptors (Lipinski definition) is 2. The fraction of sp³-hybridized carbons (Fsp3) is 0.364. The van der Waals surface area contributed by atoms with Gasteiger partial charge < -0.3 is 10.1 Å². The van der Waals surface area contributed by atoms with Gasteiger partial charge >= 0.3 is 6.18 Å². The maximum atomic E-state index is 11.8. The normalized spacial score (nSPS) is 11.4. The van der Waals surface area contributed by atoms with E-state index in [1.807, 2.05) is 0 Å². The predicted molar refractivity (Wildman–Crippen MR) is 68.4 cm³/mol. The molecule has 1 aromatic carbocycles. The SMILES string of the molecule is O=C(NCCOCC(F)(F)F)c1ccc(Cl)c(Br)c1. The van der Waals surface area contributed by atoms with Gasteiger partial charge in [-0.1, -0.05) is 11.6 Å². The first-order valence-electron chi connectivity index (χ1n) is 5.17. The van der Waals surface area contributed by atoms with Gasteiger partial charge in [0.05, 0.1) is 11.6 Å². The molecule has 0 aliphatic carbocycles. The van der Waals surface area contributed by atoms with Crippen LogP contribution in [-0.4, -0.2) is 31.8 Å². The number of rotatable bonds is 5. The van der Waals surface area contributed by atoms with Gasteiger partial charge in [0.15, 0.2) is 0 Å². The first-order chi connectivity index (χ1) is 8.79. The molecule has 1 N–H and O–H groups in total. The molecule has 8 heteroatoms. The lowest BCUT2D eigenvalue weighted by Crippen LogP contribution is -2.28. The quantitative estimate of drug-likeness (QED) is 0.817. The van der Waals surface area contributed by atoms with Crippen molar-refractivity contribution in [2.45, 2.75) is 6.18 Å². The molecule has 0 saturated carbocycles. The van der Waals surface area contributed by atoms with Crippen LogP contribution in [0.2, 0.25) is 5.02 Å². The highest BCUT2D eigenvalue weighted by Crippen LogP contribution is 2.23. The average Bonchev–Trinajstić information content (AvgIpc) is 2.30. The van der Waals surface area contributed by atoms with E-state index in [2.05, 4.69) is 26.0 Å². The lowest BCUT2D eigenvalue weighted by atomic mass is 10.2. The van der Waals surface area contributed by atoms with E-state index in [4.69, 9.17) is 11.6 Å². The van der Waals surface area contributed by atoms with Crippen molar-refractivity contribution in [2.75, 3.05) is 19.8 Å². The van der Waals surface area contributed by atoms with E-state index in [9.17, 15) is 18.0 Å². The number of ether oxygens (including phenoxy) is 1. The van der Waals surface area contributed by atoms with Crippen molar-refractivity contribution in [3.63, 3.8) is 0 Å². The van der Waals surface area contributed by atoms with Gasteiger partial charge in [-0.2, -0.15) is 13.2 Å². The van der Waals surface area contributed by atoms with Gasteiger partial charge in [-0.25, -0.2) is 0 Å².